The summed E-state index contributed by atoms with van der Waals surface area (Å²) in [6.07, 6.45) is 0. The van der Waals surface area contributed by atoms with E-state index in [1.54, 1.807) is 0 Å². The Morgan fingerprint density at radius 2 is 0.935 bits per heavy atom. The summed E-state index contributed by atoms with van der Waals surface area (Å²) in [5.41, 5.74) is 11.7. The Kier molecular flexibility index (Phi) is 5.88. The molecule has 3 heteroatoms. The lowest BCUT2D eigenvalue weighted by molar-refractivity contribution is 1.18. The van der Waals surface area contributed by atoms with Gasteiger partial charge < -0.3 is 9.13 Å². The van der Waals surface area contributed by atoms with Crippen molar-refractivity contribution in [2.24, 2.45) is 0 Å². The number of benzene rings is 7. The van der Waals surface area contributed by atoms with E-state index in [2.05, 4.69) is 166 Å². The Hall–Kier alpha value is -6.37. The molecule has 0 saturated heterocycles. The second-order valence-electron chi connectivity index (χ2n) is 11.7. The molecule has 46 heavy (non-hydrogen) atoms. The number of hydrogen-bond acceptors (Lipinski definition) is 0. The fourth-order valence-electron chi connectivity index (χ4n) is 7.13. The highest BCUT2D eigenvalue weighted by Gasteiger charge is 2.19. The van der Waals surface area contributed by atoms with Gasteiger partial charge in [-0.05, 0) is 70.8 Å². The molecule has 0 atom stereocenters. The van der Waals surface area contributed by atoms with E-state index in [1.165, 1.54) is 32.6 Å². The lowest BCUT2D eigenvalue weighted by Gasteiger charge is -2.17. The number of aromatic nitrogens is 2. The summed E-state index contributed by atoms with van der Waals surface area (Å²) in [4.78, 5) is 4.02. The summed E-state index contributed by atoms with van der Waals surface area (Å²) >= 11 is 0. The first-order valence-corrected chi connectivity index (χ1v) is 15.5. The molecule has 0 fully saturated rings. The van der Waals surface area contributed by atoms with Gasteiger partial charge in [-0.25, -0.2) is 4.85 Å². The molecular weight excluding hydrogens is 558 g/mol. The van der Waals surface area contributed by atoms with E-state index in [1.807, 2.05) is 12.1 Å². The fraction of sp³-hybridized carbons (Fsp3) is 0. The molecule has 9 rings (SSSR count). The Bertz CT molecular complexity index is 2600. The van der Waals surface area contributed by atoms with Gasteiger partial charge in [0.25, 0.3) is 0 Å². The van der Waals surface area contributed by atoms with Crippen molar-refractivity contribution in [3.63, 3.8) is 0 Å². The third-order valence-corrected chi connectivity index (χ3v) is 9.13. The van der Waals surface area contributed by atoms with Gasteiger partial charge in [0, 0.05) is 27.2 Å². The lowest BCUT2D eigenvalue weighted by Crippen LogP contribution is -1.98. The van der Waals surface area contributed by atoms with Crippen LogP contribution in [0.2, 0.25) is 0 Å². The fourth-order valence-corrected chi connectivity index (χ4v) is 7.13. The Labute approximate surface area is 266 Å². The highest BCUT2D eigenvalue weighted by Crippen LogP contribution is 2.42. The van der Waals surface area contributed by atoms with E-state index in [-0.39, 0.29) is 0 Å². The van der Waals surface area contributed by atoms with Crippen molar-refractivity contribution in [2.45, 2.75) is 0 Å². The van der Waals surface area contributed by atoms with Gasteiger partial charge in [0.05, 0.1) is 34.3 Å². The molecule has 0 aliphatic rings. The van der Waals surface area contributed by atoms with Crippen molar-refractivity contribution in [3.8, 4) is 33.6 Å². The van der Waals surface area contributed by atoms with Gasteiger partial charge in [0.15, 0.2) is 0 Å². The first-order chi connectivity index (χ1) is 22.8. The van der Waals surface area contributed by atoms with E-state index in [0.717, 1.165) is 44.7 Å². The average molecular weight is 586 g/mol. The van der Waals surface area contributed by atoms with E-state index >= 15 is 0 Å². The van der Waals surface area contributed by atoms with Crippen LogP contribution in [0.4, 0.5) is 5.69 Å². The number of para-hydroxylation sites is 5. The van der Waals surface area contributed by atoms with Crippen LogP contribution in [0.5, 0.6) is 0 Å². The topological polar surface area (TPSA) is 14.2 Å². The second-order valence-corrected chi connectivity index (χ2v) is 11.7. The van der Waals surface area contributed by atoms with Crippen molar-refractivity contribution in [2.75, 3.05) is 0 Å². The summed E-state index contributed by atoms with van der Waals surface area (Å²) in [6, 6.07) is 57.7. The van der Waals surface area contributed by atoms with Crippen LogP contribution in [0.25, 0.3) is 82.1 Å². The predicted molar refractivity (Wildman–Crippen MR) is 192 cm³/mol. The SMILES string of the molecule is [C-]#[N+]c1cccc(-c2cccc(-c3ccc4c(c3)c3ccccc3n4-c3ccccc3)c2)c1-n1c2ccccc2c2ccccc21. The summed E-state index contributed by atoms with van der Waals surface area (Å²) in [7, 11) is 0. The van der Waals surface area contributed by atoms with Crippen LogP contribution in [0.3, 0.4) is 0 Å². The Balaban J connectivity index is 1.25. The van der Waals surface area contributed by atoms with Crippen molar-refractivity contribution in [1.29, 1.82) is 0 Å². The minimum atomic E-state index is 0.629. The smallest absolute Gasteiger partial charge is 0.211 e. The zero-order valence-electron chi connectivity index (χ0n) is 24.9. The normalized spacial score (nSPS) is 11.5. The summed E-state index contributed by atoms with van der Waals surface area (Å²) in [5.74, 6) is 0. The number of nitrogens with zero attached hydrogens (tertiary/aromatic N) is 3. The summed E-state index contributed by atoms with van der Waals surface area (Å²) in [6.45, 7) is 8.16. The molecule has 214 valence electrons. The van der Waals surface area contributed by atoms with Gasteiger partial charge in [0.2, 0.25) is 5.69 Å². The Morgan fingerprint density at radius 3 is 1.63 bits per heavy atom. The zero-order valence-corrected chi connectivity index (χ0v) is 24.9. The molecule has 0 unspecified atom stereocenters. The van der Waals surface area contributed by atoms with Crippen LogP contribution >= 0.6 is 0 Å². The van der Waals surface area contributed by atoms with Gasteiger partial charge in [0.1, 0.15) is 0 Å². The van der Waals surface area contributed by atoms with Gasteiger partial charge in [-0.15, -0.1) is 0 Å². The first-order valence-electron chi connectivity index (χ1n) is 15.5. The molecule has 2 aromatic heterocycles. The standard InChI is InChI=1S/C43H27N3/c1-44-38-21-12-20-33(43(38)46-40-23-9-5-17-34(40)35-18-6-10-24-41(35)46)31-14-11-13-29(27-31)30-25-26-42-37(28-30)36-19-7-8-22-39(36)45(42)32-15-3-2-4-16-32/h2-28H. The Morgan fingerprint density at radius 1 is 0.391 bits per heavy atom. The van der Waals surface area contributed by atoms with Gasteiger partial charge >= 0.3 is 0 Å². The summed E-state index contributed by atoms with van der Waals surface area (Å²) < 4.78 is 4.61. The maximum atomic E-state index is 8.16. The zero-order chi connectivity index (χ0) is 30.6. The van der Waals surface area contributed by atoms with E-state index in [4.69, 9.17) is 6.57 Å². The van der Waals surface area contributed by atoms with Crippen molar-refractivity contribution >= 4 is 49.3 Å². The van der Waals surface area contributed by atoms with Crippen LogP contribution in [-0.2, 0) is 0 Å². The average Bonchev–Trinajstić information content (AvgIpc) is 3.64. The van der Waals surface area contributed by atoms with Crippen LogP contribution in [-0.4, -0.2) is 9.13 Å². The molecule has 9 aromatic rings. The van der Waals surface area contributed by atoms with E-state index in [9.17, 15) is 0 Å². The molecule has 0 radical (unpaired) electrons. The molecule has 0 bridgehead atoms. The third kappa shape index (κ3) is 3.91. The van der Waals surface area contributed by atoms with Crippen LogP contribution in [0.1, 0.15) is 0 Å². The van der Waals surface area contributed by atoms with Gasteiger partial charge in [-0.1, -0.05) is 115 Å². The van der Waals surface area contributed by atoms with E-state index in [0.29, 0.717) is 5.69 Å². The number of rotatable bonds is 4. The molecule has 2 heterocycles. The molecule has 0 aliphatic heterocycles. The number of fused-ring (bicyclic) bond motifs is 6. The van der Waals surface area contributed by atoms with Crippen LogP contribution < -0.4 is 0 Å². The van der Waals surface area contributed by atoms with Crippen molar-refractivity contribution in [1.82, 2.24) is 9.13 Å². The van der Waals surface area contributed by atoms with Crippen LogP contribution in [0, 0.1) is 6.57 Å². The van der Waals surface area contributed by atoms with Crippen molar-refractivity contribution < 1.29 is 0 Å². The molecule has 3 nitrogen and oxygen atoms in total. The second kappa shape index (κ2) is 10.4. The van der Waals surface area contributed by atoms with Crippen LogP contribution in [0.15, 0.2) is 164 Å². The maximum Gasteiger partial charge on any atom is 0.211 e. The van der Waals surface area contributed by atoms with Gasteiger partial charge in [-0.2, -0.15) is 0 Å². The molecule has 0 N–H and O–H groups in total. The summed E-state index contributed by atoms with van der Waals surface area (Å²) in [5, 5.41) is 4.82. The highest BCUT2D eigenvalue weighted by atomic mass is 15.0. The molecule has 0 spiro atoms. The minimum Gasteiger partial charge on any atom is -0.318 e. The maximum absolute atomic E-state index is 8.16. The number of hydrogen-bond donors (Lipinski definition) is 0. The quantitative estimate of drug-likeness (QED) is 0.182. The molecular formula is C43H27N3. The first kappa shape index (κ1) is 26.1. The molecule has 0 amide bonds. The highest BCUT2D eigenvalue weighted by molar-refractivity contribution is 6.11. The van der Waals surface area contributed by atoms with Gasteiger partial charge in [-0.3, -0.25) is 0 Å². The molecule has 0 saturated carbocycles. The molecule has 0 aliphatic carbocycles. The predicted octanol–water partition coefficient (Wildman–Crippen LogP) is 11.8. The minimum absolute atomic E-state index is 0.629. The van der Waals surface area contributed by atoms with Crippen molar-refractivity contribution in [3.05, 3.63) is 175 Å². The monoisotopic (exact) mass is 585 g/mol. The lowest BCUT2D eigenvalue weighted by atomic mass is 9.96. The third-order valence-electron chi connectivity index (χ3n) is 9.13. The molecule has 7 aromatic carbocycles. The largest absolute Gasteiger partial charge is 0.318 e. The van der Waals surface area contributed by atoms with E-state index < -0.39 is 0 Å².